The normalized spacial score (nSPS) is 22.8. The maximum Gasteiger partial charge on any atom is 0.314 e. The van der Waals surface area contributed by atoms with Crippen LogP contribution < -0.4 is 4.74 Å². The highest BCUT2D eigenvalue weighted by Crippen LogP contribution is 2.30. The van der Waals surface area contributed by atoms with Gasteiger partial charge in [0.25, 0.3) is 0 Å². The Kier molecular flexibility index (Phi) is 4.20. The lowest BCUT2D eigenvalue weighted by Crippen LogP contribution is -2.28. The maximum absolute atomic E-state index is 12.0. The zero-order valence-corrected chi connectivity index (χ0v) is 11.0. The zero-order valence-electron chi connectivity index (χ0n) is 11.0. The van der Waals surface area contributed by atoms with Gasteiger partial charge in [-0.15, -0.1) is 0 Å². The van der Waals surface area contributed by atoms with Gasteiger partial charge < -0.3 is 9.84 Å². The van der Waals surface area contributed by atoms with E-state index in [1.807, 2.05) is 19.1 Å². The molecule has 1 N–H and O–H groups in total. The van der Waals surface area contributed by atoms with E-state index in [9.17, 15) is 9.59 Å². The van der Waals surface area contributed by atoms with E-state index in [2.05, 4.69) is 0 Å². The molecule has 0 saturated heterocycles. The molecule has 0 heterocycles. The van der Waals surface area contributed by atoms with Gasteiger partial charge in [0, 0.05) is 0 Å². The van der Waals surface area contributed by atoms with Crippen molar-refractivity contribution in [2.45, 2.75) is 32.6 Å². The Hall–Kier alpha value is -1.84. The third kappa shape index (κ3) is 3.56. The van der Waals surface area contributed by atoms with Crippen LogP contribution in [0.15, 0.2) is 24.3 Å². The summed E-state index contributed by atoms with van der Waals surface area (Å²) in [5, 5.41) is 8.91. The second-order valence-corrected chi connectivity index (χ2v) is 5.12. The predicted octanol–water partition coefficient (Wildman–Crippen LogP) is 2.79. The number of aliphatic carboxylic acids is 1. The molecule has 0 amide bonds. The van der Waals surface area contributed by atoms with Gasteiger partial charge in [-0.05, 0) is 44.7 Å². The fraction of sp³-hybridized carbons (Fsp3) is 0.467. The van der Waals surface area contributed by atoms with Crippen molar-refractivity contribution in [1.82, 2.24) is 0 Å². The summed E-state index contributed by atoms with van der Waals surface area (Å²) in [6.07, 6.45) is 2.31. The van der Waals surface area contributed by atoms with Gasteiger partial charge in [-0.1, -0.05) is 17.7 Å². The van der Waals surface area contributed by atoms with Crippen molar-refractivity contribution in [3.63, 3.8) is 0 Å². The zero-order chi connectivity index (χ0) is 13.8. The molecule has 2 rings (SSSR count). The highest BCUT2D eigenvalue weighted by Gasteiger charge is 2.30. The summed E-state index contributed by atoms with van der Waals surface area (Å²) < 4.78 is 5.32. The molecular formula is C15H18O4. The molecule has 1 aromatic carbocycles. The molecule has 0 aromatic heterocycles. The average molecular weight is 262 g/mol. The van der Waals surface area contributed by atoms with Crippen LogP contribution in [0.4, 0.5) is 0 Å². The number of ether oxygens (including phenoxy) is 1. The lowest BCUT2D eigenvalue weighted by Gasteiger charge is -2.24. The standard InChI is InChI=1S/C15H18O4/c1-10-2-8-13(9-3-10)19-15(18)12-6-4-11(5-7-12)14(16)17/h2-3,8-9,11-12H,4-7H2,1H3,(H,16,17). The van der Waals surface area contributed by atoms with Crippen LogP contribution in [-0.2, 0) is 9.59 Å². The first kappa shape index (κ1) is 13.6. The molecule has 1 aromatic rings. The molecule has 4 nitrogen and oxygen atoms in total. The first-order chi connectivity index (χ1) is 9.06. The first-order valence-electron chi connectivity index (χ1n) is 6.57. The van der Waals surface area contributed by atoms with Crippen LogP contribution in [0.1, 0.15) is 31.2 Å². The van der Waals surface area contributed by atoms with Gasteiger partial charge >= 0.3 is 11.9 Å². The number of hydrogen-bond acceptors (Lipinski definition) is 3. The van der Waals surface area contributed by atoms with Gasteiger partial charge in [0.05, 0.1) is 11.8 Å². The Morgan fingerprint density at radius 3 is 2.11 bits per heavy atom. The minimum Gasteiger partial charge on any atom is -0.481 e. The third-order valence-electron chi connectivity index (χ3n) is 3.65. The molecule has 4 heteroatoms. The van der Waals surface area contributed by atoms with Crippen molar-refractivity contribution in [1.29, 1.82) is 0 Å². The van der Waals surface area contributed by atoms with Crippen molar-refractivity contribution in [3.8, 4) is 5.75 Å². The van der Waals surface area contributed by atoms with Crippen LogP contribution in [0.5, 0.6) is 5.75 Å². The Labute approximate surface area is 112 Å². The monoisotopic (exact) mass is 262 g/mol. The van der Waals surface area contributed by atoms with E-state index in [1.54, 1.807) is 12.1 Å². The van der Waals surface area contributed by atoms with Crippen molar-refractivity contribution < 1.29 is 19.4 Å². The summed E-state index contributed by atoms with van der Waals surface area (Å²) in [6, 6.07) is 7.33. The molecule has 102 valence electrons. The average Bonchev–Trinajstić information content (AvgIpc) is 2.41. The number of rotatable bonds is 3. The van der Waals surface area contributed by atoms with E-state index < -0.39 is 5.97 Å². The minimum absolute atomic E-state index is 0.170. The largest absolute Gasteiger partial charge is 0.481 e. The molecular weight excluding hydrogens is 244 g/mol. The Balaban J connectivity index is 1.88. The molecule has 0 radical (unpaired) electrons. The predicted molar refractivity (Wildman–Crippen MR) is 69.9 cm³/mol. The van der Waals surface area contributed by atoms with Crippen LogP contribution >= 0.6 is 0 Å². The summed E-state index contributed by atoms with van der Waals surface area (Å²) in [5.41, 5.74) is 1.11. The Morgan fingerprint density at radius 1 is 1.05 bits per heavy atom. The lowest BCUT2D eigenvalue weighted by atomic mass is 9.82. The van der Waals surface area contributed by atoms with Crippen LogP contribution in [0.25, 0.3) is 0 Å². The van der Waals surface area contributed by atoms with Crippen LogP contribution in [-0.4, -0.2) is 17.0 Å². The molecule has 1 fully saturated rings. The van der Waals surface area contributed by atoms with E-state index in [1.165, 1.54) is 0 Å². The fourth-order valence-corrected chi connectivity index (χ4v) is 2.38. The van der Waals surface area contributed by atoms with E-state index >= 15 is 0 Å². The quantitative estimate of drug-likeness (QED) is 0.672. The van der Waals surface area contributed by atoms with Gasteiger partial charge in [-0.25, -0.2) is 0 Å². The topological polar surface area (TPSA) is 63.6 Å². The number of aryl methyl sites for hydroxylation is 1. The Bertz CT molecular complexity index is 456. The molecule has 0 spiro atoms. The summed E-state index contributed by atoms with van der Waals surface area (Å²) in [6.45, 7) is 1.97. The van der Waals surface area contributed by atoms with Crippen LogP contribution in [0.3, 0.4) is 0 Å². The van der Waals surface area contributed by atoms with E-state index in [-0.39, 0.29) is 17.8 Å². The van der Waals surface area contributed by atoms with E-state index in [0.717, 1.165) is 5.56 Å². The van der Waals surface area contributed by atoms with Gasteiger partial charge in [0.15, 0.2) is 0 Å². The fourth-order valence-electron chi connectivity index (χ4n) is 2.38. The van der Waals surface area contributed by atoms with Crippen molar-refractivity contribution in [3.05, 3.63) is 29.8 Å². The molecule has 1 aliphatic carbocycles. The highest BCUT2D eigenvalue weighted by atomic mass is 16.5. The second-order valence-electron chi connectivity index (χ2n) is 5.12. The number of hydrogen-bond donors (Lipinski definition) is 1. The van der Waals surface area contributed by atoms with Crippen LogP contribution in [0, 0.1) is 18.8 Å². The highest BCUT2D eigenvalue weighted by molar-refractivity contribution is 5.76. The molecule has 0 atom stereocenters. The summed E-state index contributed by atoms with van der Waals surface area (Å²) in [4.78, 5) is 22.8. The molecule has 0 aliphatic heterocycles. The molecule has 0 bridgehead atoms. The number of benzene rings is 1. The van der Waals surface area contributed by atoms with Crippen molar-refractivity contribution in [2.75, 3.05) is 0 Å². The van der Waals surface area contributed by atoms with Crippen molar-refractivity contribution >= 4 is 11.9 Å². The molecule has 19 heavy (non-hydrogen) atoms. The number of carbonyl (C=O) groups excluding carboxylic acids is 1. The second kappa shape index (κ2) is 5.87. The Morgan fingerprint density at radius 2 is 1.58 bits per heavy atom. The molecule has 1 aliphatic rings. The summed E-state index contributed by atoms with van der Waals surface area (Å²) in [7, 11) is 0. The number of carboxylic acid groups (broad SMARTS) is 1. The molecule has 1 saturated carbocycles. The first-order valence-corrected chi connectivity index (χ1v) is 6.57. The third-order valence-corrected chi connectivity index (χ3v) is 3.65. The van der Waals surface area contributed by atoms with Crippen LogP contribution in [0.2, 0.25) is 0 Å². The summed E-state index contributed by atoms with van der Waals surface area (Å²) in [5.74, 6) is -0.922. The van der Waals surface area contributed by atoms with E-state index in [4.69, 9.17) is 9.84 Å². The molecule has 0 unspecified atom stereocenters. The SMILES string of the molecule is Cc1ccc(OC(=O)C2CCC(C(=O)O)CC2)cc1. The number of carbonyl (C=O) groups is 2. The number of carboxylic acids is 1. The lowest BCUT2D eigenvalue weighted by molar-refractivity contribution is -0.146. The van der Waals surface area contributed by atoms with E-state index in [0.29, 0.717) is 31.4 Å². The van der Waals surface area contributed by atoms with Crippen molar-refractivity contribution in [2.24, 2.45) is 11.8 Å². The summed E-state index contributed by atoms with van der Waals surface area (Å²) >= 11 is 0. The minimum atomic E-state index is -0.759. The van der Waals surface area contributed by atoms with Gasteiger partial charge in [0.1, 0.15) is 5.75 Å². The van der Waals surface area contributed by atoms with Gasteiger partial charge in [0.2, 0.25) is 0 Å². The van der Waals surface area contributed by atoms with Gasteiger partial charge in [-0.3, -0.25) is 9.59 Å². The maximum atomic E-state index is 12.0. The number of esters is 1. The smallest absolute Gasteiger partial charge is 0.314 e. The van der Waals surface area contributed by atoms with Gasteiger partial charge in [-0.2, -0.15) is 0 Å².